The van der Waals surface area contributed by atoms with Gasteiger partial charge in [0, 0.05) is 29.1 Å². The number of ketones is 1. The highest BCUT2D eigenvalue weighted by atomic mass is 16.2. The van der Waals surface area contributed by atoms with Crippen LogP contribution >= 0.6 is 0 Å². The van der Waals surface area contributed by atoms with Crippen molar-refractivity contribution in [2.24, 2.45) is 0 Å². The summed E-state index contributed by atoms with van der Waals surface area (Å²) in [6.45, 7) is 7.74. The normalized spacial score (nSPS) is 19.5. The van der Waals surface area contributed by atoms with Gasteiger partial charge in [0.1, 0.15) is 5.54 Å². The Kier molecular flexibility index (Phi) is 5.19. The number of urea groups is 1. The van der Waals surface area contributed by atoms with Gasteiger partial charge in [-0.15, -0.1) is 0 Å². The highest BCUT2D eigenvalue weighted by molar-refractivity contribution is 6.11. The number of fused-ring (bicyclic) bond motifs is 1. The average Bonchev–Trinajstić information content (AvgIpc) is 3.23. The number of aromatic nitrogens is 1. The molecule has 5 rings (SSSR count). The van der Waals surface area contributed by atoms with E-state index < -0.39 is 11.6 Å². The van der Waals surface area contributed by atoms with Gasteiger partial charge in [-0.3, -0.25) is 14.5 Å². The summed E-state index contributed by atoms with van der Waals surface area (Å²) in [6, 6.07) is 15.6. The van der Waals surface area contributed by atoms with Crippen LogP contribution in [0.4, 0.5) is 4.79 Å². The van der Waals surface area contributed by atoms with Crippen molar-refractivity contribution in [3.63, 3.8) is 0 Å². The Hall–Kier alpha value is -3.67. The van der Waals surface area contributed by atoms with E-state index in [1.54, 1.807) is 0 Å². The molecule has 2 heterocycles. The van der Waals surface area contributed by atoms with Gasteiger partial charge in [-0.2, -0.15) is 0 Å². The lowest BCUT2D eigenvalue weighted by molar-refractivity contribution is -0.131. The van der Waals surface area contributed by atoms with Gasteiger partial charge >= 0.3 is 6.03 Å². The number of nitrogens with zero attached hydrogens (tertiary/aromatic N) is 2. The van der Waals surface area contributed by atoms with Gasteiger partial charge in [-0.25, -0.2) is 4.79 Å². The van der Waals surface area contributed by atoms with Crippen LogP contribution in [0.1, 0.15) is 50.4 Å². The number of aryl methyl sites for hydroxylation is 4. The fourth-order valence-corrected chi connectivity index (χ4v) is 5.38. The molecular formula is C28H29N3O3. The van der Waals surface area contributed by atoms with E-state index in [1.165, 1.54) is 16.7 Å². The number of imide groups is 1. The van der Waals surface area contributed by atoms with Crippen molar-refractivity contribution in [2.75, 3.05) is 6.54 Å². The summed E-state index contributed by atoms with van der Waals surface area (Å²) >= 11 is 0. The molecule has 2 aliphatic rings. The zero-order valence-electron chi connectivity index (χ0n) is 20.1. The number of nitrogens with one attached hydrogen (secondary N) is 1. The van der Waals surface area contributed by atoms with Crippen LogP contribution in [0.3, 0.4) is 0 Å². The molecule has 1 unspecified atom stereocenters. The van der Waals surface area contributed by atoms with Crippen LogP contribution in [0.15, 0.2) is 48.5 Å². The third kappa shape index (κ3) is 3.45. The van der Waals surface area contributed by atoms with Gasteiger partial charge < -0.3 is 9.88 Å². The fraction of sp³-hybridized carbons (Fsp3) is 0.321. The second-order valence-electron chi connectivity index (χ2n) is 9.66. The molecule has 1 aromatic heterocycles. The summed E-state index contributed by atoms with van der Waals surface area (Å²) in [4.78, 5) is 40.6. The lowest BCUT2D eigenvalue weighted by atomic mass is 9.78. The van der Waals surface area contributed by atoms with Crippen molar-refractivity contribution in [3.8, 4) is 5.69 Å². The lowest BCUT2D eigenvalue weighted by Gasteiger charge is -2.32. The van der Waals surface area contributed by atoms with Gasteiger partial charge in [-0.1, -0.05) is 30.3 Å². The molecular weight excluding hydrogens is 426 g/mol. The first kappa shape index (κ1) is 22.1. The Morgan fingerprint density at radius 1 is 0.971 bits per heavy atom. The van der Waals surface area contributed by atoms with Gasteiger partial charge in [0.15, 0.2) is 5.78 Å². The van der Waals surface area contributed by atoms with Crippen LogP contribution < -0.4 is 5.32 Å². The van der Waals surface area contributed by atoms with Crippen molar-refractivity contribution in [1.29, 1.82) is 0 Å². The summed E-state index contributed by atoms with van der Waals surface area (Å²) in [7, 11) is 0. The minimum atomic E-state index is -0.956. The van der Waals surface area contributed by atoms with Crippen molar-refractivity contribution >= 4 is 17.7 Å². The summed E-state index contributed by atoms with van der Waals surface area (Å²) in [5, 5.41) is 2.92. The van der Waals surface area contributed by atoms with E-state index in [9.17, 15) is 14.4 Å². The topological polar surface area (TPSA) is 71.4 Å². The fourth-order valence-electron chi connectivity index (χ4n) is 5.38. The van der Waals surface area contributed by atoms with Gasteiger partial charge in [0.05, 0.1) is 6.54 Å². The second kappa shape index (κ2) is 7.97. The second-order valence-corrected chi connectivity index (χ2v) is 9.66. The van der Waals surface area contributed by atoms with Crippen molar-refractivity contribution in [2.45, 2.75) is 52.5 Å². The quantitative estimate of drug-likeness (QED) is 0.469. The van der Waals surface area contributed by atoms with E-state index in [1.807, 2.05) is 48.7 Å². The molecule has 0 bridgehead atoms. The molecule has 1 spiro atoms. The van der Waals surface area contributed by atoms with E-state index in [4.69, 9.17) is 0 Å². The average molecular weight is 456 g/mol. The largest absolute Gasteiger partial charge is 0.325 e. The molecule has 3 aromatic rings. The van der Waals surface area contributed by atoms with Crippen molar-refractivity contribution in [1.82, 2.24) is 14.8 Å². The van der Waals surface area contributed by atoms with E-state index in [0.717, 1.165) is 34.0 Å². The minimum absolute atomic E-state index is 0.236. The number of Topliss-reactive ketones (excluding diaryl/α,β-unsaturated/α-hetero) is 1. The Labute approximate surface area is 199 Å². The van der Waals surface area contributed by atoms with E-state index >= 15 is 0 Å². The predicted molar refractivity (Wildman–Crippen MR) is 130 cm³/mol. The zero-order chi connectivity index (χ0) is 24.2. The molecule has 6 nitrogen and oxygen atoms in total. The van der Waals surface area contributed by atoms with E-state index in [0.29, 0.717) is 18.4 Å². The lowest BCUT2D eigenvalue weighted by Crippen LogP contribution is -2.51. The van der Waals surface area contributed by atoms with Crippen LogP contribution in [0.5, 0.6) is 0 Å². The molecule has 1 fully saturated rings. The van der Waals surface area contributed by atoms with Crippen molar-refractivity contribution < 1.29 is 14.4 Å². The van der Waals surface area contributed by atoms with Crippen LogP contribution in [-0.2, 0) is 17.6 Å². The highest BCUT2D eigenvalue weighted by Crippen LogP contribution is 2.34. The molecule has 34 heavy (non-hydrogen) atoms. The Balaban J connectivity index is 1.39. The SMILES string of the molecule is Cc1ccc(-n2c(C)cc(C(=O)CN3C(=O)NC4(CCc5ccccc5C4)C3=O)c2C)cc1C. The number of hydrogen-bond donors (Lipinski definition) is 1. The summed E-state index contributed by atoms with van der Waals surface area (Å²) in [5.41, 5.74) is 6.98. The molecule has 174 valence electrons. The Morgan fingerprint density at radius 2 is 1.71 bits per heavy atom. The number of rotatable bonds is 4. The summed E-state index contributed by atoms with van der Waals surface area (Å²) < 4.78 is 2.05. The molecule has 1 aliphatic carbocycles. The predicted octanol–water partition coefficient (Wildman–Crippen LogP) is 4.37. The standard InChI is InChI=1S/C28H29N3O3/c1-17-9-10-23(13-18(17)2)31-19(3)14-24(20(31)4)25(32)16-30-26(33)28(29-27(30)34)12-11-21-7-5-6-8-22(21)15-28/h5-10,13-14H,11-12,15-16H2,1-4H3,(H,29,34). The molecule has 3 amide bonds. The molecule has 0 radical (unpaired) electrons. The van der Waals surface area contributed by atoms with Crippen LogP contribution in [0.25, 0.3) is 5.69 Å². The number of hydrogen-bond acceptors (Lipinski definition) is 3. The summed E-state index contributed by atoms with van der Waals surface area (Å²) in [5.74, 6) is -0.539. The maximum absolute atomic E-state index is 13.4. The monoisotopic (exact) mass is 455 g/mol. The Morgan fingerprint density at radius 3 is 2.44 bits per heavy atom. The molecule has 1 aliphatic heterocycles. The first-order valence-electron chi connectivity index (χ1n) is 11.7. The number of benzene rings is 2. The Bertz CT molecular complexity index is 1350. The molecule has 2 aromatic carbocycles. The summed E-state index contributed by atoms with van der Waals surface area (Å²) in [6.07, 6.45) is 1.72. The third-order valence-corrected chi connectivity index (χ3v) is 7.46. The smallest absolute Gasteiger partial charge is 0.323 e. The maximum atomic E-state index is 13.4. The van der Waals surface area contributed by atoms with Crippen molar-refractivity contribution in [3.05, 3.63) is 87.7 Å². The first-order chi connectivity index (χ1) is 16.2. The number of amides is 3. The zero-order valence-corrected chi connectivity index (χ0v) is 20.1. The van der Waals surface area contributed by atoms with Gasteiger partial charge in [-0.05, 0) is 81.0 Å². The maximum Gasteiger partial charge on any atom is 0.325 e. The van der Waals surface area contributed by atoms with E-state index in [-0.39, 0.29) is 18.2 Å². The highest BCUT2D eigenvalue weighted by Gasteiger charge is 2.52. The molecule has 1 saturated heterocycles. The molecule has 1 atom stereocenters. The van der Waals surface area contributed by atoms with Gasteiger partial charge in [0.25, 0.3) is 5.91 Å². The first-order valence-corrected chi connectivity index (χ1v) is 11.7. The number of carbonyl (C=O) groups is 3. The molecule has 6 heteroatoms. The third-order valence-electron chi connectivity index (χ3n) is 7.46. The van der Waals surface area contributed by atoms with Crippen LogP contribution in [0.2, 0.25) is 0 Å². The van der Waals surface area contributed by atoms with Crippen LogP contribution in [0, 0.1) is 27.7 Å². The van der Waals surface area contributed by atoms with Gasteiger partial charge in [0.2, 0.25) is 0 Å². The number of carbonyl (C=O) groups excluding carboxylic acids is 3. The minimum Gasteiger partial charge on any atom is -0.323 e. The van der Waals surface area contributed by atoms with Crippen LogP contribution in [-0.4, -0.2) is 39.3 Å². The van der Waals surface area contributed by atoms with E-state index in [2.05, 4.69) is 37.4 Å². The molecule has 0 saturated carbocycles. The molecule has 1 N–H and O–H groups in total.